The van der Waals surface area contributed by atoms with Crippen molar-refractivity contribution in [2.24, 2.45) is 5.73 Å². The minimum atomic E-state index is -1.65. The van der Waals surface area contributed by atoms with Gasteiger partial charge >= 0.3 is 0 Å². The number of carbonyl (C=O) groups is 2. The van der Waals surface area contributed by atoms with Crippen molar-refractivity contribution >= 4 is 17.5 Å². The Labute approximate surface area is 202 Å². The lowest BCUT2D eigenvalue weighted by atomic mass is 9.98. The van der Waals surface area contributed by atoms with Crippen LogP contribution in [0.1, 0.15) is 46.0 Å². The Balaban J connectivity index is 1.63. The number of primary amides is 1. The quantitative estimate of drug-likeness (QED) is 0.410. The van der Waals surface area contributed by atoms with E-state index in [0.29, 0.717) is 22.5 Å². The van der Waals surface area contributed by atoms with Gasteiger partial charge in [0.1, 0.15) is 11.4 Å². The first-order valence-electron chi connectivity index (χ1n) is 10.9. The Morgan fingerprint density at radius 3 is 2.34 bits per heavy atom. The van der Waals surface area contributed by atoms with Gasteiger partial charge in [0.05, 0.1) is 11.4 Å². The van der Waals surface area contributed by atoms with Gasteiger partial charge in [0, 0.05) is 35.4 Å². The number of aryl methyl sites for hydroxylation is 1. The number of anilines is 1. The highest BCUT2D eigenvalue weighted by Crippen LogP contribution is 2.30. The van der Waals surface area contributed by atoms with Gasteiger partial charge in [-0.1, -0.05) is 6.07 Å². The summed E-state index contributed by atoms with van der Waals surface area (Å²) in [7, 11) is 0. The minimum Gasteiger partial charge on any atom is -0.364 e. The number of rotatable bonds is 6. The van der Waals surface area contributed by atoms with Crippen LogP contribution in [0.2, 0.25) is 0 Å². The predicted molar refractivity (Wildman–Crippen MR) is 132 cm³/mol. The number of pyridine rings is 3. The molecule has 0 unspecified atom stereocenters. The smallest absolute Gasteiger partial charge is 0.267 e. The van der Waals surface area contributed by atoms with E-state index < -0.39 is 11.6 Å². The molecular weight excluding hydrogens is 445 g/mol. The molecule has 176 valence electrons. The van der Waals surface area contributed by atoms with E-state index in [1.165, 1.54) is 32.3 Å². The third-order valence-electron chi connectivity index (χ3n) is 5.51. The predicted octanol–water partition coefficient (Wildman–Crippen LogP) is 5.07. The van der Waals surface area contributed by atoms with Gasteiger partial charge in [-0.3, -0.25) is 24.5 Å². The Bertz CT molecular complexity index is 1430. The molecule has 0 spiro atoms. The number of amides is 2. The van der Waals surface area contributed by atoms with Gasteiger partial charge in [0.2, 0.25) is 0 Å². The molecule has 0 aliphatic carbocycles. The van der Waals surface area contributed by atoms with Crippen molar-refractivity contribution in [3.63, 3.8) is 0 Å². The molecule has 0 aliphatic rings. The number of hydrogen-bond acceptors (Lipinski definition) is 5. The third kappa shape index (κ3) is 5.38. The molecule has 3 heterocycles. The summed E-state index contributed by atoms with van der Waals surface area (Å²) in [5.74, 6) is -0.974. The van der Waals surface area contributed by atoms with Crippen LogP contribution in [0.15, 0.2) is 73.2 Å². The lowest BCUT2D eigenvalue weighted by molar-refractivity contribution is 0.0993. The maximum absolute atomic E-state index is 14.3. The first-order chi connectivity index (χ1) is 16.6. The molecule has 4 aromatic rings. The van der Waals surface area contributed by atoms with Gasteiger partial charge in [-0.05, 0) is 86.0 Å². The molecule has 3 aromatic heterocycles. The first kappa shape index (κ1) is 23.7. The van der Waals surface area contributed by atoms with Crippen molar-refractivity contribution < 1.29 is 14.0 Å². The van der Waals surface area contributed by atoms with Crippen LogP contribution in [0.4, 0.5) is 10.1 Å². The summed E-state index contributed by atoms with van der Waals surface area (Å²) in [6.45, 7) is 4.76. The van der Waals surface area contributed by atoms with Crippen molar-refractivity contribution in [1.29, 1.82) is 0 Å². The van der Waals surface area contributed by atoms with Crippen LogP contribution in [-0.4, -0.2) is 26.8 Å². The lowest BCUT2D eigenvalue weighted by Gasteiger charge is -2.15. The highest BCUT2D eigenvalue weighted by molar-refractivity contribution is 6.04. The van der Waals surface area contributed by atoms with E-state index in [9.17, 15) is 14.0 Å². The van der Waals surface area contributed by atoms with E-state index in [1.54, 1.807) is 24.4 Å². The van der Waals surface area contributed by atoms with Gasteiger partial charge in [0.25, 0.3) is 11.8 Å². The average molecular weight is 470 g/mol. The lowest BCUT2D eigenvalue weighted by Crippen LogP contribution is -2.16. The van der Waals surface area contributed by atoms with Crippen LogP contribution < -0.4 is 11.1 Å². The molecule has 1 aromatic carbocycles. The van der Waals surface area contributed by atoms with E-state index in [2.05, 4.69) is 20.3 Å². The Kier molecular flexibility index (Phi) is 6.38. The molecule has 35 heavy (non-hydrogen) atoms. The number of alkyl halides is 1. The van der Waals surface area contributed by atoms with Gasteiger partial charge < -0.3 is 11.1 Å². The Hall–Kier alpha value is -4.46. The second kappa shape index (κ2) is 9.42. The molecule has 0 radical (unpaired) electrons. The van der Waals surface area contributed by atoms with E-state index in [1.807, 2.05) is 37.3 Å². The number of nitrogens with one attached hydrogen (secondary N) is 1. The summed E-state index contributed by atoms with van der Waals surface area (Å²) in [6.07, 6.45) is 4.62. The summed E-state index contributed by atoms with van der Waals surface area (Å²) in [6, 6.07) is 15.7. The molecule has 0 bridgehead atoms. The Morgan fingerprint density at radius 1 is 0.886 bits per heavy atom. The molecule has 3 N–H and O–H groups in total. The number of carbonyl (C=O) groups excluding carboxylic acids is 2. The zero-order valence-electron chi connectivity index (χ0n) is 19.5. The van der Waals surface area contributed by atoms with E-state index in [4.69, 9.17) is 5.73 Å². The Morgan fingerprint density at radius 2 is 1.60 bits per heavy atom. The van der Waals surface area contributed by atoms with E-state index in [-0.39, 0.29) is 17.3 Å². The van der Waals surface area contributed by atoms with Crippen LogP contribution >= 0.6 is 0 Å². The highest BCUT2D eigenvalue weighted by Gasteiger charge is 2.22. The van der Waals surface area contributed by atoms with Crippen LogP contribution in [-0.2, 0) is 5.67 Å². The molecule has 0 saturated heterocycles. The summed E-state index contributed by atoms with van der Waals surface area (Å²) in [5, 5.41) is 2.88. The summed E-state index contributed by atoms with van der Waals surface area (Å²) >= 11 is 0. The molecule has 0 aliphatic heterocycles. The van der Waals surface area contributed by atoms with Crippen LogP contribution in [0.5, 0.6) is 0 Å². The fourth-order valence-corrected chi connectivity index (χ4v) is 3.59. The monoisotopic (exact) mass is 469 g/mol. The number of aromatic nitrogens is 3. The standard InChI is InChI=1S/C27H24FN5O2/c1-16-4-5-20(33-26(35)19-8-11-32-24(14-19)27(2,3)28)15-21(16)17-6-9-30-22(12-17)18-7-10-31-23(13-18)25(29)34/h4-15H,1-3H3,(H2,29,34)(H,33,35). The molecule has 0 fully saturated rings. The topological polar surface area (TPSA) is 111 Å². The maximum Gasteiger partial charge on any atom is 0.267 e. The largest absolute Gasteiger partial charge is 0.364 e. The molecule has 8 heteroatoms. The van der Waals surface area contributed by atoms with Gasteiger partial charge in [0.15, 0.2) is 0 Å². The maximum atomic E-state index is 14.3. The molecule has 7 nitrogen and oxygen atoms in total. The van der Waals surface area contributed by atoms with Gasteiger partial charge in [-0.25, -0.2) is 4.39 Å². The fourth-order valence-electron chi connectivity index (χ4n) is 3.59. The minimum absolute atomic E-state index is 0.158. The SMILES string of the molecule is Cc1ccc(NC(=O)c2ccnc(C(C)(C)F)c2)cc1-c1ccnc(-c2ccnc(C(N)=O)c2)c1. The van der Waals surface area contributed by atoms with Gasteiger partial charge in [-0.15, -0.1) is 0 Å². The fraction of sp³-hybridized carbons (Fsp3) is 0.148. The molecule has 4 rings (SSSR count). The van der Waals surface area contributed by atoms with Gasteiger partial charge in [-0.2, -0.15) is 0 Å². The number of nitrogens with two attached hydrogens (primary N) is 1. The zero-order chi connectivity index (χ0) is 25.2. The molecular formula is C27H24FN5O2. The van der Waals surface area contributed by atoms with Crippen molar-refractivity contribution in [3.8, 4) is 22.4 Å². The van der Waals surface area contributed by atoms with E-state index >= 15 is 0 Å². The van der Waals surface area contributed by atoms with Crippen molar-refractivity contribution in [2.75, 3.05) is 5.32 Å². The van der Waals surface area contributed by atoms with Crippen LogP contribution in [0.25, 0.3) is 22.4 Å². The molecule has 0 atom stereocenters. The number of halogens is 1. The van der Waals surface area contributed by atoms with Crippen LogP contribution in [0.3, 0.4) is 0 Å². The second-order valence-corrected chi connectivity index (χ2v) is 8.61. The number of nitrogens with zero attached hydrogens (tertiary/aromatic N) is 3. The average Bonchev–Trinajstić information content (AvgIpc) is 2.85. The highest BCUT2D eigenvalue weighted by atomic mass is 19.1. The van der Waals surface area contributed by atoms with E-state index in [0.717, 1.165) is 16.7 Å². The van der Waals surface area contributed by atoms with Crippen molar-refractivity contribution in [3.05, 3.63) is 95.7 Å². The zero-order valence-corrected chi connectivity index (χ0v) is 19.5. The number of benzene rings is 1. The summed E-state index contributed by atoms with van der Waals surface area (Å²) in [5.41, 5.74) is 9.09. The summed E-state index contributed by atoms with van der Waals surface area (Å²) < 4.78 is 14.3. The molecule has 2 amide bonds. The first-order valence-corrected chi connectivity index (χ1v) is 10.9. The van der Waals surface area contributed by atoms with Crippen molar-refractivity contribution in [1.82, 2.24) is 15.0 Å². The molecule has 0 saturated carbocycles. The number of hydrogen-bond donors (Lipinski definition) is 2. The summed E-state index contributed by atoms with van der Waals surface area (Å²) in [4.78, 5) is 36.7. The second-order valence-electron chi connectivity index (χ2n) is 8.61. The normalized spacial score (nSPS) is 11.2. The third-order valence-corrected chi connectivity index (χ3v) is 5.51. The van der Waals surface area contributed by atoms with Crippen molar-refractivity contribution in [2.45, 2.75) is 26.4 Å². The van der Waals surface area contributed by atoms with Crippen LogP contribution in [0, 0.1) is 6.92 Å².